The summed E-state index contributed by atoms with van der Waals surface area (Å²) >= 11 is 1.34. The normalized spacial score (nSPS) is 17.0. The van der Waals surface area contributed by atoms with Crippen molar-refractivity contribution in [1.82, 2.24) is 15.0 Å². The molecule has 0 bridgehead atoms. The first-order chi connectivity index (χ1) is 10.7. The number of carbonyl (C=O) groups is 1. The van der Waals surface area contributed by atoms with Gasteiger partial charge in [0.25, 0.3) is 5.91 Å². The quantitative estimate of drug-likeness (QED) is 0.643. The van der Waals surface area contributed by atoms with Crippen molar-refractivity contribution in [1.29, 1.82) is 0 Å². The van der Waals surface area contributed by atoms with Crippen LogP contribution in [-0.2, 0) is 4.79 Å². The number of amides is 1. The molecule has 0 radical (unpaired) electrons. The van der Waals surface area contributed by atoms with Crippen LogP contribution in [0.5, 0.6) is 0 Å². The molecule has 0 saturated heterocycles. The highest BCUT2D eigenvalue weighted by Crippen LogP contribution is 2.28. The lowest BCUT2D eigenvalue weighted by molar-refractivity contribution is -0.130. The highest BCUT2D eigenvalue weighted by Gasteiger charge is 2.27. The highest BCUT2D eigenvalue weighted by atomic mass is 32.2. The van der Waals surface area contributed by atoms with E-state index in [0.29, 0.717) is 5.16 Å². The molecule has 1 amide bonds. The van der Waals surface area contributed by atoms with E-state index in [1.54, 1.807) is 17.4 Å². The van der Waals surface area contributed by atoms with Crippen LogP contribution in [0.4, 0.5) is 0 Å². The zero-order chi connectivity index (χ0) is 15.4. The summed E-state index contributed by atoms with van der Waals surface area (Å²) in [5.41, 5.74) is 2.00. The van der Waals surface area contributed by atoms with Crippen LogP contribution in [0, 0.1) is 6.92 Å². The van der Waals surface area contributed by atoms with Gasteiger partial charge in [0, 0.05) is 24.5 Å². The van der Waals surface area contributed by atoms with E-state index in [0.717, 1.165) is 17.7 Å². The van der Waals surface area contributed by atoms with Gasteiger partial charge in [-0.2, -0.15) is 5.10 Å². The maximum absolute atomic E-state index is 12.4. The molecule has 1 atom stereocenters. The molecule has 1 aromatic heterocycles. The zero-order valence-corrected chi connectivity index (χ0v) is 13.0. The Labute approximate surface area is 133 Å². The van der Waals surface area contributed by atoms with Gasteiger partial charge < -0.3 is 0 Å². The second-order valence-electron chi connectivity index (χ2n) is 4.97. The summed E-state index contributed by atoms with van der Waals surface area (Å²) in [6.07, 6.45) is 4.25. The lowest BCUT2D eigenvalue weighted by Gasteiger charge is -2.21. The Hall–Kier alpha value is -2.21. The fourth-order valence-electron chi connectivity index (χ4n) is 2.29. The Morgan fingerprint density at radius 2 is 2.14 bits per heavy atom. The minimum absolute atomic E-state index is 0.00673. The van der Waals surface area contributed by atoms with E-state index in [2.05, 4.69) is 15.1 Å². The van der Waals surface area contributed by atoms with E-state index in [1.165, 1.54) is 11.8 Å². The molecule has 1 aliphatic rings. The molecule has 0 fully saturated rings. The van der Waals surface area contributed by atoms with Gasteiger partial charge in [0.05, 0.1) is 11.8 Å². The molecule has 0 N–H and O–H groups in total. The molecule has 0 aliphatic carbocycles. The van der Waals surface area contributed by atoms with Crippen LogP contribution >= 0.6 is 11.8 Å². The predicted molar refractivity (Wildman–Crippen MR) is 86.6 cm³/mol. The van der Waals surface area contributed by atoms with Crippen LogP contribution in [0.3, 0.4) is 0 Å². The van der Waals surface area contributed by atoms with Crippen LogP contribution in [0.1, 0.15) is 23.7 Å². The number of carbonyl (C=O) groups excluding carboxylic acids is 1. The number of rotatable bonds is 4. The van der Waals surface area contributed by atoms with Crippen molar-refractivity contribution in [2.45, 2.75) is 24.5 Å². The molecule has 1 aliphatic heterocycles. The summed E-state index contributed by atoms with van der Waals surface area (Å²) in [6, 6.07) is 11.8. The van der Waals surface area contributed by atoms with Gasteiger partial charge in [-0.1, -0.05) is 42.1 Å². The first-order valence-corrected chi connectivity index (χ1v) is 8.04. The molecule has 0 spiro atoms. The van der Waals surface area contributed by atoms with Crippen molar-refractivity contribution in [3.8, 4) is 0 Å². The van der Waals surface area contributed by atoms with Gasteiger partial charge in [0.1, 0.15) is 0 Å². The van der Waals surface area contributed by atoms with Crippen LogP contribution in [0.2, 0.25) is 0 Å². The molecule has 2 aromatic rings. The van der Waals surface area contributed by atoms with Gasteiger partial charge in [-0.3, -0.25) is 4.79 Å². The fraction of sp³-hybridized carbons (Fsp3) is 0.250. The molecule has 1 aromatic carbocycles. The number of nitrogens with zero attached hydrogens (tertiary/aromatic N) is 4. The summed E-state index contributed by atoms with van der Waals surface area (Å²) in [5, 5.41) is 6.41. The monoisotopic (exact) mass is 312 g/mol. The zero-order valence-electron chi connectivity index (χ0n) is 12.2. The highest BCUT2D eigenvalue weighted by molar-refractivity contribution is 7.99. The Morgan fingerprint density at radius 3 is 2.91 bits per heavy atom. The van der Waals surface area contributed by atoms with Gasteiger partial charge in [-0.25, -0.2) is 15.0 Å². The standard InChI is InChI=1S/C16H16N4OS/c1-12-7-9-17-16(19-12)22-11-15(21)20-14(8-10-18-20)13-5-3-2-4-6-13/h2-7,9-10,14H,8,11H2,1H3/t14-/m0/s1. The van der Waals surface area contributed by atoms with Crippen molar-refractivity contribution >= 4 is 23.9 Å². The molecule has 112 valence electrons. The number of aryl methyl sites for hydroxylation is 1. The van der Waals surface area contributed by atoms with Crippen molar-refractivity contribution < 1.29 is 4.79 Å². The van der Waals surface area contributed by atoms with Crippen molar-refractivity contribution in [2.24, 2.45) is 5.10 Å². The maximum atomic E-state index is 12.4. The van der Waals surface area contributed by atoms with Gasteiger partial charge in [-0.05, 0) is 18.6 Å². The lowest BCUT2D eigenvalue weighted by Crippen LogP contribution is -2.28. The number of hydrogen-bond acceptors (Lipinski definition) is 5. The molecule has 3 rings (SSSR count). The van der Waals surface area contributed by atoms with Gasteiger partial charge in [0.2, 0.25) is 0 Å². The number of aromatic nitrogens is 2. The van der Waals surface area contributed by atoms with E-state index < -0.39 is 0 Å². The first-order valence-electron chi connectivity index (χ1n) is 7.06. The Morgan fingerprint density at radius 1 is 1.32 bits per heavy atom. The topological polar surface area (TPSA) is 58.5 Å². The lowest BCUT2D eigenvalue weighted by atomic mass is 10.0. The van der Waals surface area contributed by atoms with Gasteiger partial charge in [0.15, 0.2) is 5.16 Å². The smallest absolute Gasteiger partial charge is 0.253 e. The molecule has 2 heterocycles. The van der Waals surface area contributed by atoms with E-state index >= 15 is 0 Å². The molecule has 5 nitrogen and oxygen atoms in total. The second kappa shape index (κ2) is 6.70. The Bertz CT molecular complexity index is 690. The minimum atomic E-state index is -0.0299. The average Bonchev–Trinajstić information content (AvgIpc) is 3.03. The summed E-state index contributed by atoms with van der Waals surface area (Å²) in [6.45, 7) is 1.91. The third kappa shape index (κ3) is 3.33. The first kappa shape index (κ1) is 14.7. The summed E-state index contributed by atoms with van der Waals surface area (Å²) in [4.78, 5) is 20.9. The van der Waals surface area contributed by atoms with Crippen molar-refractivity contribution in [3.63, 3.8) is 0 Å². The molecule has 0 saturated carbocycles. The molecule has 6 heteroatoms. The van der Waals surface area contributed by atoms with Crippen LogP contribution in [0.25, 0.3) is 0 Å². The van der Waals surface area contributed by atoms with Crippen LogP contribution < -0.4 is 0 Å². The second-order valence-corrected chi connectivity index (χ2v) is 5.91. The third-order valence-electron chi connectivity index (χ3n) is 3.37. The number of hydrazone groups is 1. The Kier molecular flexibility index (Phi) is 4.48. The third-order valence-corrected chi connectivity index (χ3v) is 4.21. The maximum Gasteiger partial charge on any atom is 0.253 e. The van der Waals surface area contributed by atoms with Crippen LogP contribution in [-0.4, -0.2) is 32.9 Å². The number of benzene rings is 1. The molecule has 0 unspecified atom stereocenters. The predicted octanol–water partition coefficient (Wildman–Crippen LogP) is 2.84. The van der Waals surface area contributed by atoms with Crippen molar-refractivity contribution in [2.75, 3.05) is 5.75 Å². The van der Waals surface area contributed by atoms with Gasteiger partial charge in [-0.15, -0.1) is 0 Å². The summed E-state index contributed by atoms with van der Waals surface area (Å²) in [7, 11) is 0. The average molecular weight is 312 g/mol. The van der Waals surface area contributed by atoms with E-state index in [4.69, 9.17) is 0 Å². The summed E-state index contributed by atoms with van der Waals surface area (Å²) < 4.78 is 0. The van der Waals surface area contributed by atoms with Crippen LogP contribution in [0.15, 0.2) is 52.9 Å². The Balaban J connectivity index is 1.65. The summed E-state index contributed by atoms with van der Waals surface area (Å²) in [5.74, 6) is 0.252. The number of thioether (sulfide) groups is 1. The SMILES string of the molecule is Cc1ccnc(SCC(=O)N2N=CC[C@H]2c2ccccc2)n1. The minimum Gasteiger partial charge on any atom is -0.272 e. The van der Waals surface area contributed by atoms with Gasteiger partial charge >= 0.3 is 0 Å². The van der Waals surface area contributed by atoms with Crippen molar-refractivity contribution in [3.05, 3.63) is 53.9 Å². The number of hydrogen-bond donors (Lipinski definition) is 0. The van der Waals surface area contributed by atoms with E-state index in [-0.39, 0.29) is 17.7 Å². The van der Waals surface area contributed by atoms with E-state index in [1.807, 2.05) is 43.3 Å². The molecular weight excluding hydrogens is 296 g/mol. The largest absolute Gasteiger partial charge is 0.272 e. The molecule has 22 heavy (non-hydrogen) atoms. The molecular formula is C16H16N4OS. The van der Waals surface area contributed by atoms with E-state index in [9.17, 15) is 4.79 Å². The fourth-order valence-corrected chi connectivity index (χ4v) is 3.02.